The highest BCUT2D eigenvalue weighted by Gasteiger charge is 2.57. The van der Waals surface area contributed by atoms with E-state index in [0.29, 0.717) is 11.1 Å². The Bertz CT molecular complexity index is 775. The van der Waals surface area contributed by atoms with Crippen LogP contribution in [0, 0.1) is 6.92 Å². The van der Waals surface area contributed by atoms with Gasteiger partial charge in [0.1, 0.15) is 0 Å². The number of aliphatic carboxylic acids is 1. The van der Waals surface area contributed by atoms with Crippen molar-refractivity contribution < 1.29 is 19.1 Å². The van der Waals surface area contributed by atoms with Crippen LogP contribution >= 0.6 is 0 Å². The van der Waals surface area contributed by atoms with Crippen molar-refractivity contribution in [1.29, 1.82) is 0 Å². The van der Waals surface area contributed by atoms with Crippen LogP contribution in [-0.2, 0) is 15.3 Å². The minimum atomic E-state index is -1.56. The number of aryl methyl sites for hydroxylation is 1. The van der Waals surface area contributed by atoms with E-state index in [1.807, 2.05) is 25.1 Å². The number of amides is 1. The molecule has 2 N–H and O–H groups in total. The van der Waals surface area contributed by atoms with Gasteiger partial charge in [0.05, 0.1) is 12.0 Å². The number of alkyl halides is 1. The molecule has 2 aromatic rings. The lowest BCUT2D eigenvalue weighted by atomic mass is 9.94. The van der Waals surface area contributed by atoms with Crippen molar-refractivity contribution in [3.8, 4) is 0 Å². The van der Waals surface area contributed by atoms with Crippen molar-refractivity contribution >= 4 is 11.9 Å². The van der Waals surface area contributed by atoms with E-state index in [0.717, 1.165) is 5.56 Å². The van der Waals surface area contributed by atoms with Crippen molar-refractivity contribution in [3.05, 3.63) is 71.3 Å². The third-order valence-corrected chi connectivity index (χ3v) is 4.65. The van der Waals surface area contributed by atoms with Crippen molar-refractivity contribution in [1.82, 2.24) is 5.32 Å². The monoisotopic (exact) mass is 341 g/mol. The van der Waals surface area contributed by atoms with Crippen LogP contribution in [0.3, 0.4) is 0 Å². The first-order valence-corrected chi connectivity index (χ1v) is 8.23. The maximum absolute atomic E-state index is 14.8. The average Bonchev–Trinajstić information content (AvgIpc) is 3.25. The predicted molar refractivity (Wildman–Crippen MR) is 91.9 cm³/mol. The summed E-state index contributed by atoms with van der Waals surface area (Å²) in [6, 6.07) is 15.1. The molecule has 2 aromatic carbocycles. The molecule has 5 heteroatoms. The zero-order chi connectivity index (χ0) is 18.0. The second-order valence-corrected chi connectivity index (χ2v) is 6.56. The van der Waals surface area contributed by atoms with Gasteiger partial charge >= 0.3 is 5.97 Å². The lowest BCUT2D eigenvalue weighted by Crippen LogP contribution is -2.32. The Morgan fingerprint density at radius 1 is 1.20 bits per heavy atom. The molecule has 1 saturated carbocycles. The highest BCUT2D eigenvalue weighted by atomic mass is 19.1. The van der Waals surface area contributed by atoms with E-state index < -0.39 is 29.5 Å². The van der Waals surface area contributed by atoms with Gasteiger partial charge in [-0.1, -0.05) is 60.2 Å². The van der Waals surface area contributed by atoms with Crippen LogP contribution in [0.1, 0.15) is 35.4 Å². The van der Waals surface area contributed by atoms with Crippen LogP contribution in [0.25, 0.3) is 0 Å². The number of carboxylic acids is 1. The number of carbonyl (C=O) groups is 2. The maximum Gasteiger partial charge on any atom is 0.311 e. The second kappa shape index (κ2) is 6.67. The second-order valence-electron chi connectivity index (χ2n) is 6.56. The smallest absolute Gasteiger partial charge is 0.311 e. The minimum Gasteiger partial charge on any atom is -0.481 e. The SMILES string of the molecule is Cc1ccc(C(CC(=O)NC2CC2(F)c2ccccc2)C(=O)O)cc1. The molecule has 130 valence electrons. The van der Waals surface area contributed by atoms with Gasteiger partial charge in [-0.2, -0.15) is 0 Å². The molecule has 3 atom stereocenters. The predicted octanol–water partition coefficient (Wildman–Crippen LogP) is 3.31. The van der Waals surface area contributed by atoms with Crippen LogP contribution in [-0.4, -0.2) is 23.0 Å². The third-order valence-electron chi connectivity index (χ3n) is 4.65. The van der Waals surface area contributed by atoms with Crippen LogP contribution in [0.4, 0.5) is 4.39 Å². The number of nitrogens with one attached hydrogen (secondary N) is 1. The van der Waals surface area contributed by atoms with Gasteiger partial charge in [0, 0.05) is 12.8 Å². The standard InChI is InChI=1S/C20H20FNO3/c1-13-7-9-14(10-8-13)16(19(24)25)11-18(23)22-17-12-20(17,21)15-5-3-2-4-6-15/h2-10,16-17H,11-12H2,1H3,(H,22,23)(H,24,25). The molecule has 0 aliphatic heterocycles. The molecule has 1 aliphatic carbocycles. The fourth-order valence-corrected chi connectivity index (χ4v) is 3.02. The lowest BCUT2D eigenvalue weighted by Gasteiger charge is -2.14. The Balaban J connectivity index is 1.64. The summed E-state index contributed by atoms with van der Waals surface area (Å²) in [5.41, 5.74) is 0.562. The molecule has 0 heterocycles. The van der Waals surface area contributed by atoms with Crippen molar-refractivity contribution in [2.24, 2.45) is 0 Å². The number of benzene rings is 2. The zero-order valence-electron chi connectivity index (χ0n) is 13.9. The van der Waals surface area contributed by atoms with Gasteiger partial charge in [-0.05, 0) is 18.1 Å². The highest BCUT2D eigenvalue weighted by Crippen LogP contribution is 2.49. The Labute approximate surface area is 145 Å². The summed E-state index contributed by atoms with van der Waals surface area (Å²) in [6.07, 6.45) is 0.00475. The fraction of sp³-hybridized carbons (Fsp3) is 0.300. The summed E-state index contributed by atoms with van der Waals surface area (Å²) in [5, 5.41) is 12.1. The molecule has 0 bridgehead atoms. The molecular formula is C20H20FNO3. The highest BCUT2D eigenvalue weighted by molar-refractivity contribution is 5.86. The number of carbonyl (C=O) groups excluding carboxylic acids is 1. The number of rotatable bonds is 6. The summed E-state index contributed by atoms with van der Waals surface area (Å²) >= 11 is 0. The summed E-state index contributed by atoms with van der Waals surface area (Å²) in [7, 11) is 0. The van der Waals surface area contributed by atoms with Gasteiger partial charge in [-0.25, -0.2) is 4.39 Å². The van der Waals surface area contributed by atoms with Crippen molar-refractivity contribution in [2.75, 3.05) is 0 Å². The van der Waals surface area contributed by atoms with Crippen LogP contribution in [0.5, 0.6) is 0 Å². The van der Waals surface area contributed by atoms with E-state index in [9.17, 15) is 19.1 Å². The van der Waals surface area contributed by atoms with Crippen molar-refractivity contribution in [2.45, 2.75) is 37.4 Å². The average molecular weight is 341 g/mol. The summed E-state index contributed by atoms with van der Waals surface area (Å²) in [5.74, 6) is -2.46. The van der Waals surface area contributed by atoms with Gasteiger partial charge in [-0.15, -0.1) is 0 Å². The molecule has 25 heavy (non-hydrogen) atoms. The first-order valence-electron chi connectivity index (χ1n) is 8.23. The minimum absolute atomic E-state index is 0.209. The molecule has 0 spiro atoms. The molecule has 0 saturated heterocycles. The Hall–Kier alpha value is -2.69. The Morgan fingerprint density at radius 2 is 1.84 bits per heavy atom. The van der Waals surface area contributed by atoms with Gasteiger partial charge in [0.2, 0.25) is 5.91 Å². The molecule has 3 rings (SSSR count). The van der Waals surface area contributed by atoms with E-state index in [4.69, 9.17) is 0 Å². The van der Waals surface area contributed by atoms with Gasteiger partial charge in [0.25, 0.3) is 0 Å². The van der Waals surface area contributed by atoms with E-state index >= 15 is 0 Å². The largest absolute Gasteiger partial charge is 0.481 e. The molecule has 1 fully saturated rings. The molecule has 0 radical (unpaired) electrons. The third kappa shape index (κ3) is 3.71. The lowest BCUT2D eigenvalue weighted by molar-refractivity contribution is -0.140. The van der Waals surface area contributed by atoms with E-state index in [1.54, 1.807) is 36.4 Å². The number of halogens is 1. The summed E-state index contributed by atoms with van der Waals surface area (Å²) in [4.78, 5) is 23.7. The summed E-state index contributed by atoms with van der Waals surface area (Å²) in [6.45, 7) is 1.91. The van der Waals surface area contributed by atoms with Gasteiger partial charge in [-0.3, -0.25) is 9.59 Å². The topological polar surface area (TPSA) is 66.4 Å². The van der Waals surface area contributed by atoms with Gasteiger partial charge < -0.3 is 10.4 Å². The fourth-order valence-electron chi connectivity index (χ4n) is 3.02. The molecule has 1 amide bonds. The van der Waals surface area contributed by atoms with Crippen LogP contribution < -0.4 is 5.32 Å². The maximum atomic E-state index is 14.8. The quantitative estimate of drug-likeness (QED) is 0.847. The number of hydrogen-bond acceptors (Lipinski definition) is 2. The molecule has 4 nitrogen and oxygen atoms in total. The van der Waals surface area contributed by atoms with Crippen LogP contribution in [0.2, 0.25) is 0 Å². The Kier molecular flexibility index (Phi) is 4.57. The van der Waals surface area contributed by atoms with Crippen LogP contribution in [0.15, 0.2) is 54.6 Å². The molecule has 0 aromatic heterocycles. The van der Waals surface area contributed by atoms with E-state index in [-0.39, 0.29) is 12.8 Å². The first kappa shape index (κ1) is 17.1. The van der Waals surface area contributed by atoms with E-state index in [1.165, 1.54) is 0 Å². The molecule has 3 unspecified atom stereocenters. The zero-order valence-corrected chi connectivity index (χ0v) is 13.9. The number of hydrogen-bond donors (Lipinski definition) is 2. The van der Waals surface area contributed by atoms with Gasteiger partial charge in [0.15, 0.2) is 5.67 Å². The molecule has 1 aliphatic rings. The molecular weight excluding hydrogens is 321 g/mol. The normalized spacial score (nSPS) is 22.9. The van der Waals surface area contributed by atoms with E-state index in [2.05, 4.69) is 5.32 Å². The first-order chi connectivity index (χ1) is 11.9. The number of carboxylic acid groups (broad SMARTS) is 1. The van der Waals surface area contributed by atoms with Crippen molar-refractivity contribution in [3.63, 3.8) is 0 Å². The summed E-state index contributed by atoms with van der Waals surface area (Å²) < 4.78 is 14.8. The Morgan fingerprint density at radius 3 is 2.44 bits per heavy atom.